The third-order valence-electron chi connectivity index (χ3n) is 4.93. The van der Waals surface area contributed by atoms with E-state index in [1.54, 1.807) is 13.0 Å². The van der Waals surface area contributed by atoms with E-state index in [1.165, 1.54) is 54.4 Å². The number of ether oxygens (including phenoxy) is 1. The van der Waals surface area contributed by atoms with Gasteiger partial charge in [-0.3, -0.25) is 14.9 Å². The topological polar surface area (TPSA) is 117 Å². The van der Waals surface area contributed by atoms with E-state index in [-0.39, 0.29) is 28.6 Å². The van der Waals surface area contributed by atoms with Crippen molar-refractivity contribution in [1.82, 2.24) is 19.6 Å². The van der Waals surface area contributed by atoms with Crippen molar-refractivity contribution in [1.29, 1.82) is 0 Å². The minimum absolute atomic E-state index is 0.0398. The first-order chi connectivity index (χ1) is 16.6. The number of carbonyl (C=O) groups is 1. The molecular formula is C22H17F3N6O4. The zero-order valence-corrected chi connectivity index (χ0v) is 18.3. The van der Waals surface area contributed by atoms with Crippen molar-refractivity contribution in [3.05, 3.63) is 87.9 Å². The van der Waals surface area contributed by atoms with Crippen molar-refractivity contribution >= 4 is 17.4 Å². The number of nitro benzene ring substituents is 1. The molecule has 0 saturated heterocycles. The van der Waals surface area contributed by atoms with Gasteiger partial charge >= 0.3 is 6.18 Å². The van der Waals surface area contributed by atoms with Crippen LogP contribution in [0.1, 0.15) is 21.7 Å². The number of hydrogen-bond acceptors (Lipinski definition) is 6. The Morgan fingerprint density at radius 2 is 1.80 bits per heavy atom. The summed E-state index contributed by atoms with van der Waals surface area (Å²) in [6.07, 6.45) is -3.25. The Balaban J connectivity index is 1.64. The summed E-state index contributed by atoms with van der Waals surface area (Å²) in [6.45, 7) is 1.69. The van der Waals surface area contributed by atoms with E-state index in [0.717, 1.165) is 16.8 Å². The van der Waals surface area contributed by atoms with Crippen LogP contribution in [0.3, 0.4) is 0 Å². The summed E-state index contributed by atoms with van der Waals surface area (Å²) in [7, 11) is 1.30. The van der Waals surface area contributed by atoms with Gasteiger partial charge in [-0.1, -0.05) is 6.07 Å². The normalized spacial score (nSPS) is 11.3. The number of halogens is 3. The molecule has 180 valence electrons. The maximum atomic E-state index is 13.1. The molecule has 4 aromatic rings. The monoisotopic (exact) mass is 486 g/mol. The van der Waals surface area contributed by atoms with E-state index < -0.39 is 22.6 Å². The maximum Gasteiger partial charge on any atom is 0.416 e. The van der Waals surface area contributed by atoms with E-state index in [1.807, 2.05) is 0 Å². The number of nitro groups is 1. The molecule has 1 amide bonds. The van der Waals surface area contributed by atoms with Crippen molar-refractivity contribution in [2.24, 2.45) is 0 Å². The van der Waals surface area contributed by atoms with Crippen molar-refractivity contribution in [2.45, 2.75) is 13.1 Å². The van der Waals surface area contributed by atoms with Gasteiger partial charge in [0.05, 0.1) is 40.9 Å². The number of rotatable bonds is 6. The summed E-state index contributed by atoms with van der Waals surface area (Å²) in [6, 6.07) is 11.6. The number of benzene rings is 2. The molecule has 13 heteroatoms. The Morgan fingerprint density at radius 3 is 2.43 bits per heavy atom. The summed E-state index contributed by atoms with van der Waals surface area (Å²) in [5, 5.41) is 22.0. The number of amides is 1. The summed E-state index contributed by atoms with van der Waals surface area (Å²) in [5.41, 5.74) is -0.0328. The van der Waals surface area contributed by atoms with Crippen LogP contribution in [0.15, 0.2) is 60.8 Å². The van der Waals surface area contributed by atoms with E-state index in [4.69, 9.17) is 4.74 Å². The minimum Gasteiger partial charge on any atom is -0.493 e. The maximum absolute atomic E-state index is 13.1. The van der Waals surface area contributed by atoms with Gasteiger partial charge in [-0.15, -0.1) is 0 Å². The molecule has 2 aromatic carbocycles. The van der Waals surface area contributed by atoms with Gasteiger partial charge in [-0.25, -0.2) is 9.36 Å². The van der Waals surface area contributed by atoms with Crippen LogP contribution >= 0.6 is 0 Å². The van der Waals surface area contributed by atoms with Crippen LogP contribution in [0.2, 0.25) is 0 Å². The molecule has 2 heterocycles. The number of nitrogens with zero attached hydrogens (tertiary/aromatic N) is 5. The predicted molar refractivity (Wildman–Crippen MR) is 118 cm³/mol. The van der Waals surface area contributed by atoms with Crippen LogP contribution in [0.4, 0.5) is 24.7 Å². The standard InChI is InChI=1S/C22H17F3N6O4/c1-13-10-19(30(27-13)15-6-8-16(9-7-15)31(33)34)26-21(32)20-18(35-2)12-29(28-20)17-5-3-4-14(11-17)22(23,24)25/h3-12H,1-2H3,(H,26,32). The summed E-state index contributed by atoms with van der Waals surface area (Å²) in [4.78, 5) is 23.4. The lowest BCUT2D eigenvalue weighted by Crippen LogP contribution is -2.17. The number of nitrogens with one attached hydrogen (secondary N) is 1. The van der Waals surface area contributed by atoms with Crippen LogP contribution in [-0.2, 0) is 6.18 Å². The molecule has 0 aliphatic carbocycles. The van der Waals surface area contributed by atoms with Gasteiger partial charge in [-0.05, 0) is 37.3 Å². The van der Waals surface area contributed by atoms with Crippen molar-refractivity contribution in [3.8, 4) is 17.1 Å². The lowest BCUT2D eigenvalue weighted by atomic mass is 10.2. The van der Waals surface area contributed by atoms with Crippen molar-refractivity contribution in [3.63, 3.8) is 0 Å². The fourth-order valence-electron chi connectivity index (χ4n) is 3.30. The lowest BCUT2D eigenvalue weighted by Gasteiger charge is -2.09. The van der Waals surface area contributed by atoms with E-state index in [9.17, 15) is 28.1 Å². The highest BCUT2D eigenvalue weighted by Crippen LogP contribution is 2.31. The van der Waals surface area contributed by atoms with E-state index in [2.05, 4.69) is 15.5 Å². The third-order valence-corrected chi connectivity index (χ3v) is 4.93. The second kappa shape index (κ2) is 8.93. The average Bonchev–Trinajstić information content (AvgIpc) is 3.42. The molecule has 1 N–H and O–H groups in total. The molecule has 0 fully saturated rings. The number of aromatic nitrogens is 4. The van der Waals surface area contributed by atoms with Crippen LogP contribution in [-0.4, -0.2) is 37.5 Å². The Labute approximate surface area is 195 Å². The fraction of sp³-hybridized carbons (Fsp3) is 0.136. The molecule has 0 radical (unpaired) electrons. The van der Waals surface area contributed by atoms with Crippen molar-refractivity contribution < 1.29 is 27.6 Å². The molecule has 10 nitrogen and oxygen atoms in total. The number of aryl methyl sites for hydroxylation is 1. The quantitative estimate of drug-likeness (QED) is 0.316. The molecule has 4 rings (SSSR count). The number of methoxy groups -OCH3 is 1. The highest BCUT2D eigenvalue weighted by Gasteiger charge is 2.31. The summed E-state index contributed by atoms with van der Waals surface area (Å²) in [5.74, 6) is -0.411. The number of anilines is 1. The van der Waals surface area contributed by atoms with Crippen molar-refractivity contribution in [2.75, 3.05) is 12.4 Å². The van der Waals surface area contributed by atoms with Crippen LogP contribution in [0, 0.1) is 17.0 Å². The van der Waals surface area contributed by atoms with Gasteiger partial charge in [0.1, 0.15) is 5.82 Å². The SMILES string of the molecule is COc1cn(-c2cccc(C(F)(F)F)c2)nc1C(=O)Nc1cc(C)nn1-c1ccc([N+](=O)[O-])cc1. The predicted octanol–water partition coefficient (Wildman–Crippen LogP) is 4.55. The highest BCUT2D eigenvalue weighted by atomic mass is 19.4. The van der Waals surface area contributed by atoms with Crippen LogP contribution in [0.5, 0.6) is 5.75 Å². The van der Waals surface area contributed by atoms with Gasteiger partial charge in [0.2, 0.25) is 0 Å². The second-order valence-corrected chi connectivity index (χ2v) is 7.35. The number of non-ortho nitro benzene ring substituents is 1. The van der Waals surface area contributed by atoms with Gasteiger partial charge in [-0.2, -0.15) is 23.4 Å². The van der Waals surface area contributed by atoms with Crippen LogP contribution < -0.4 is 10.1 Å². The molecule has 35 heavy (non-hydrogen) atoms. The minimum atomic E-state index is -4.54. The summed E-state index contributed by atoms with van der Waals surface area (Å²) < 4.78 is 47.0. The molecule has 0 spiro atoms. The molecule has 0 saturated carbocycles. The Hall–Kier alpha value is -4.68. The molecule has 2 aromatic heterocycles. The Kier molecular flexibility index (Phi) is 5.99. The zero-order chi connectivity index (χ0) is 25.3. The van der Waals surface area contributed by atoms with Gasteiger partial charge in [0, 0.05) is 18.2 Å². The molecule has 0 aliphatic heterocycles. The van der Waals surface area contributed by atoms with E-state index in [0.29, 0.717) is 11.4 Å². The first kappa shape index (κ1) is 23.5. The Bertz CT molecular complexity index is 1410. The largest absolute Gasteiger partial charge is 0.493 e. The Morgan fingerprint density at radius 1 is 1.09 bits per heavy atom. The average molecular weight is 486 g/mol. The zero-order valence-electron chi connectivity index (χ0n) is 18.3. The first-order valence-corrected chi connectivity index (χ1v) is 10.0. The van der Waals surface area contributed by atoms with Crippen LogP contribution in [0.25, 0.3) is 11.4 Å². The van der Waals surface area contributed by atoms with Gasteiger partial charge < -0.3 is 10.1 Å². The fourth-order valence-corrected chi connectivity index (χ4v) is 3.30. The smallest absolute Gasteiger partial charge is 0.416 e. The summed E-state index contributed by atoms with van der Waals surface area (Å²) >= 11 is 0. The number of alkyl halides is 3. The molecule has 0 bridgehead atoms. The molecule has 0 atom stereocenters. The van der Waals surface area contributed by atoms with E-state index >= 15 is 0 Å². The molecule has 0 aliphatic rings. The first-order valence-electron chi connectivity index (χ1n) is 10.0. The lowest BCUT2D eigenvalue weighted by molar-refractivity contribution is -0.384. The number of hydrogen-bond donors (Lipinski definition) is 1. The molecular weight excluding hydrogens is 469 g/mol. The highest BCUT2D eigenvalue weighted by molar-refractivity contribution is 6.04. The second-order valence-electron chi connectivity index (χ2n) is 7.35. The van der Waals surface area contributed by atoms with Gasteiger partial charge in [0.15, 0.2) is 11.4 Å². The van der Waals surface area contributed by atoms with Gasteiger partial charge in [0.25, 0.3) is 11.6 Å². The number of carbonyl (C=O) groups excluding carboxylic acids is 1. The molecule has 0 unspecified atom stereocenters. The third kappa shape index (κ3) is 4.83.